The first-order valence-corrected chi connectivity index (χ1v) is 11.0. The minimum atomic E-state index is -0.695. The number of fused-ring (bicyclic) bond motifs is 3. The van der Waals surface area contributed by atoms with Gasteiger partial charge in [0.1, 0.15) is 12.2 Å². The van der Waals surface area contributed by atoms with E-state index in [0.717, 1.165) is 50.9 Å². The van der Waals surface area contributed by atoms with E-state index in [-0.39, 0.29) is 17.9 Å². The summed E-state index contributed by atoms with van der Waals surface area (Å²) in [6, 6.07) is 8.06. The Labute approximate surface area is 182 Å². The van der Waals surface area contributed by atoms with Gasteiger partial charge < -0.3 is 15.8 Å². The number of H-pyrrole nitrogens is 1. The largest absolute Gasteiger partial charge is 0.481 e. The van der Waals surface area contributed by atoms with Crippen LogP contribution in [0.3, 0.4) is 0 Å². The van der Waals surface area contributed by atoms with Crippen molar-refractivity contribution in [2.24, 2.45) is 32.5 Å². The van der Waals surface area contributed by atoms with Crippen molar-refractivity contribution >= 4 is 56.4 Å². The van der Waals surface area contributed by atoms with Gasteiger partial charge in [0.05, 0.1) is 28.9 Å². The highest BCUT2D eigenvalue weighted by atomic mass is 79.9. The highest BCUT2D eigenvalue weighted by Gasteiger charge is 2.36. The molecule has 1 unspecified atom stereocenters. The van der Waals surface area contributed by atoms with E-state index in [1.54, 1.807) is 0 Å². The molecule has 0 radical (unpaired) electrons. The smallest absolute Gasteiger partial charge is 0.306 e. The summed E-state index contributed by atoms with van der Waals surface area (Å²) in [7, 11) is 0. The zero-order chi connectivity index (χ0) is 20.8. The van der Waals surface area contributed by atoms with Crippen molar-refractivity contribution in [3.05, 3.63) is 40.0 Å². The van der Waals surface area contributed by atoms with Gasteiger partial charge in [-0.1, -0.05) is 12.1 Å². The quantitative estimate of drug-likeness (QED) is 0.629. The number of aromatic amines is 1. The lowest BCUT2D eigenvalue weighted by molar-refractivity contribution is -0.142. The highest BCUT2D eigenvalue weighted by Crippen LogP contribution is 2.38. The van der Waals surface area contributed by atoms with Crippen molar-refractivity contribution < 1.29 is 9.90 Å². The van der Waals surface area contributed by atoms with E-state index in [1.165, 1.54) is 6.34 Å². The summed E-state index contributed by atoms with van der Waals surface area (Å²) in [6.07, 6.45) is 5.20. The normalized spacial score (nSPS) is 26.4. The van der Waals surface area contributed by atoms with Crippen LogP contribution in [0.25, 0.3) is 16.6 Å². The number of halogens is 1. The van der Waals surface area contributed by atoms with Crippen LogP contribution in [0.2, 0.25) is 0 Å². The summed E-state index contributed by atoms with van der Waals surface area (Å²) in [5.41, 5.74) is 10.9. The molecular weight excluding hydrogens is 446 g/mol. The number of nitrogens with two attached hydrogens (primary N) is 1. The number of nitrogens with zero attached hydrogens (tertiary/aromatic N) is 3. The molecule has 1 fully saturated rings. The summed E-state index contributed by atoms with van der Waals surface area (Å²) in [4.78, 5) is 28.8. The second-order valence-electron chi connectivity index (χ2n) is 8.14. The number of aliphatic imine (C=N–C) groups is 3. The summed E-state index contributed by atoms with van der Waals surface area (Å²) in [6.45, 7) is 0. The molecular formula is C22H22BrN5O2. The van der Waals surface area contributed by atoms with Gasteiger partial charge in [0.15, 0.2) is 0 Å². The highest BCUT2D eigenvalue weighted by molar-refractivity contribution is 9.10. The maximum Gasteiger partial charge on any atom is 0.306 e. The Balaban J connectivity index is 1.57. The standard InChI is InChI=1S/C22H22BrN5O2/c23-15-3-1-2-13-8-17(27-18(13)15)20-14-9-16(25-10-26-21(14)24)19(28-20)11-4-6-12(7-5-11)22(29)30/h1-3,8,10-12,16,27H,4-7,9H2,(H,29,30)(H2,24,25,26). The second kappa shape index (κ2) is 7.50. The summed E-state index contributed by atoms with van der Waals surface area (Å²) < 4.78 is 0.993. The van der Waals surface area contributed by atoms with Crippen molar-refractivity contribution in [1.82, 2.24) is 4.98 Å². The summed E-state index contributed by atoms with van der Waals surface area (Å²) >= 11 is 3.60. The molecule has 0 saturated heterocycles. The second-order valence-corrected chi connectivity index (χ2v) is 8.99. The predicted octanol–water partition coefficient (Wildman–Crippen LogP) is 4.14. The van der Waals surface area contributed by atoms with Gasteiger partial charge in [-0.3, -0.25) is 14.8 Å². The Kier molecular flexibility index (Phi) is 4.81. The molecule has 1 aromatic heterocycles. The molecule has 154 valence electrons. The van der Waals surface area contributed by atoms with E-state index in [0.29, 0.717) is 25.1 Å². The van der Waals surface area contributed by atoms with E-state index >= 15 is 0 Å². The lowest BCUT2D eigenvalue weighted by atomic mass is 9.76. The van der Waals surface area contributed by atoms with E-state index in [2.05, 4.69) is 43.0 Å². The molecule has 30 heavy (non-hydrogen) atoms. The molecule has 1 saturated carbocycles. The van der Waals surface area contributed by atoms with Gasteiger partial charge in [0.2, 0.25) is 0 Å². The molecule has 0 amide bonds. The number of benzene rings is 1. The summed E-state index contributed by atoms with van der Waals surface area (Å²) in [5, 5.41) is 10.4. The fourth-order valence-corrected chi connectivity index (χ4v) is 5.22. The number of hydrogen-bond acceptors (Lipinski definition) is 5. The molecule has 4 N–H and O–H groups in total. The van der Waals surface area contributed by atoms with Crippen molar-refractivity contribution in [1.29, 1.82) is 0 Å². The molecule has 1 atom stereocenters. The van der Waals surface area contributed by atoms with Crippen molar-refractivity contribution in [3.8, 4) is 0 Å². The van der Waals surface area contributed by atoms with Crippen molar-refractivity contribution in [3.63, 3.8) is 0 Å². The number of carboxylic acid groups (broad SMARTS) is 1. The molecule has 3 aliphatic rings. The van der Waals surface area contributed by atoms with E-state index in [4.69, 9.17) is 10.7 Å². The number of aromatic nitrogens is 1. The van der Waals surface area contributed by atoms with Gasteiger partial charge in [-0.2, -0.15) is 0 Å². The van der Waals surface area contributed by atoms with Gasteiger partial charge in [-0.25, -0.2) is 4.99 Å². The Morgan fingerprint density at radius 2 is 2.03 bits per heavy atom. The third kappa shape index (κ3) is 3.29. The number of carbonyl (C=O) groups is 1. The maximum atomic E-state index is 11.3. The van der Waals surface area contributed by atoms with E-state index < -0.39 is 5.97 Å². The molecule has 7 nitrogen and oxygen atoms in total. The third-order valence-electron chi connectivity index (χ3n) is 6.37. The Bertz CT molecular complexity index is 1150. The lowest BCUT2D eigenvalue weighted by Gasteiger charge is -2.32. The van der Waals surface area contributed by atoms with Gasteiger partial charge in [0.25, 0.3) is 0 Å². The molecule has 0 spiro atoms. The van der Waals surface area contributed by atoms with Crippen LogP contribution in [0.1, 0.15) is 37.8 Å². The Morgan fingerprint density at radius 1 is 1.23 bits per heavy atom. The molecule has 5 rings (SSSR count). The topological polar surface area (TPSA) is 116 Å². The monoisotopic (exact) mass is 467 g/mol. The van der Waals surface area contributed by atoms with Gasteiger partial charge >= 0.3 is 5.97 Å². The number of rotatable bonds is 3. The van der Waals surface area contributed by atoms with Crippen LogP contribution in [-0.4, -0.2) is 40.0 Å². The number of amidine groups is 1. The average molecular weight is 468 g/mol. The van der Waals surface area contributed by atoms with Crippen LogP contribution in [0.15, 0.2) is 49.3 Å². The fraction of sp³-hybridized carbons (Fsp3) is 0.364. The van der Waals surface area contributed by atoms with Crippen molar-refractivity contribution in [2.75, 3.05) is 0 Å². The minimum absolute atomic E-state index is 0.0870. The van der Waals surface area contributed by atoms with Crippen LogP contribution in [0.5, 0.6) is 0 Å². The molecule has 2 aliphatic heterocycles. The molecule has 1 aliphatic carbocycles. The number of carboxylic acids is 1. The first-order chi connectivity index (χ1) is 14.5. The number of para-hydroxylation sites is 1. The minimum Gasteiger partial charge on any atom is -0.481 e. The molecule has 2 aromatic rings. The Morgan fingerprint density at radius 3 is 2.77 bits per heavy atom. The molecule has 3 heterocycles. The van der Waals surface area contributed by atoms with Crippen LogP contribution in [-0.2, 0) is 4.79 Å². The van der Waals surface area contributed by atoms with Gasteiger partial charge in [-0.15, -0.1) is 0 Å². The lowest BCUT2D eigenvalue weighted by Crippen LogP contribution is -2.35. The fourth-order valence-electron chi connectivity index (χ4n) is 4.74. The number of nitrogens with one attached hydrogen (secondary N) is 1. The van der Waals surface area contributed by atoms with Gasteiger partial charge in [-0.05, 0) is 59.7 Å². The average Bonchev–Trinajstić information content (AvgIpc) is 3.12. The molecule has 2 bridgehead atoms. The van der Waals surface area contributed by atoms with E-state index in [1.807, 2.05) is 12.1 Å². The third-order valence-corrected chi connectivity index (χ3v) is 7.03. The van der Waals surface area contributed by atoms with Crippen LogP contribution >= 0.6 is 15.9 Å². The molecule has 1 aromatic carbocycles. The van der Waals surface area contributed by atoms with Crippen LogP contribution < -0.4 is 5.73 Å². The predicted molar refractivity (Wildman–Crippen MR) is 122 cm³/mol. The summed E-state index contributed by atoms with van der Waals surface area (Å²) in [5.74, 6) is -0.265. The first kappa shape index (κ1) is 19.2. The number of aliphatic carboxylic acids is 1. The zero-order valence-electron chi connectivity index (χ0n) is 16.3. The number of hydrogen-bond donors (Lipinski definition) is 3. The first-order valence-electron chi connectivity index (χ1n) is 10.2. The Hall–Kier alpha value is -2.74. The maximum absolute atomic E-state index is 11.3. The van der Waals surface area contributed by atoms with Crippen LogP contribution in [0, 0.1) is 11.8 Å². The SMILES string of the molecule is NC1=NC=NC2CC1=C(c1cc3cccc(Br)c3[nH]1)N=C2C1CCC(C(=O)O)CC1. The van der Waals surface area contributed by atoms with Crippen molar-refractivity contribution in [2.45, 2.75) is 38.1 Å². The van der Waals surface area contributed by atoms with Crippen LogP contribution in [0.4, 0.5) is 0 Å². The molecule has 8 heteroatoms. The van der Waals surface area contributed by atoms with E-state index in [9.17, 15) is 9.90 Å². The van der Waals surface area contributed by atoms with Gasteiger partial charge in [0, 0.05) is 27.6 Å². The zero-order valence-corrected chi connectivity index (χ0v) is 17.9.